The molecule has 5 aromatic rings. The van der Waals surface area contributed by atoms with Crippen molar-refractivity contribution in [2.24, 2.45) is 4.99 Å². The first-order valence-corrected chi connectivity index (χ1v) is 22.6. The zero-order chi connectivity index (χ0) is 43.7. The largest absolute Gasteiger partial charge is 0.491 e. The third kappa shape index (κ3) is 12.8. The number of aromatic amines is 2. The molecule has 0 bridgehead atoms. The molecule has 3 N–H and O–H groups in total. The third-order valence-electron chi connectivity index (χ3n) is 11.4. The van der Waals surface area contributed by atoms with Crippen molar-refractivity contribution in [3.8, 4) is 5.75 Å². The molecule has 0 radical (unpaired) electrons. The van der Waals surface area contributed by atoms with Crippen molar-refractivity contribution in [2.75, 3.05) is 97.9 Å². The van der Waals surface area contributed by atoms with E-state index in [2.05, 4.69) is 113 Å². The van der Waals surface area contributed by atoms with Crippen molar-refractivity contribution in [1.29, 1.82) is 0 Å². The average molecular weight is 855 g/mol. The number of H-pyrrole nitrogens is 2. The molecule has 62 heavy (non-hydrogen) atoms. The van der Waals surface area contributed by atoms with Crippen molar-refractivity contribution in [2.45, 2.75) is 73.3 Å². The monoisotopic (exact) mass is 855 g/mol. The first-order valence-electron chi connectivity index (χ1n) is 22.6. The topological polar surface area (TPSA) is 132 Å². The Hall–Kier alpha value is -4.99. The molecule has 6 heterocycles. The summed E-state index contributed by atoms with van der Waals surface area (Å²) in [6, 6.07) is 17.2. The number of fused-ring (bicyclic) bond motifs is 2. The Kier molecular flexibility index (Phi) is 18.0. The van der Waals surface area contributed by atoms with Gasteiger partial charge in [-0.25, -0.2) is 9.97 Å². The predicted octanol–water partition coefficient (Wildman–Crippen LogP) is 7.48. The molecule has 0 aliphatic carbocycles. The molecule has 2 saturated heterocycles. The first kappa shape index (κ1) is 46.5. The maximum Gasteiger partial charge on any atom is 0.135 e. The third-order valence-corrected chi connectivity index (χ3v) is 11.4. The minimum atomic E-state index is 0. The molecule has 3 aromatic heterocycles. The number of hydrogen-bond donors (Lipinski definition) is 3. The maximum absolute atomic E-state index is 5.73. The second-order valence-corrected chi connectivity index (χ2v) is 15.7. The van der Waals surface area contributed by atoms with Gasteiger partial charge in [-0.3, -0.25) is 14.8 Å². The molecular weight excluding hydrogens is 781 g/mol. The molecule has 1 atom stereocenters. The Balaban J connectivity index is 0.000000262. The number of aliphatic imine (C=N–C) groups is 1. The molecule has 0 saturated carbocycles. The van der Waals surface area contributed by atoms with Crippen LogP contribution in [0.3, 0.4) is 0 Å². The van der Waals surface area contributed by atoms with E-state index in [4.69, 9.17) is 18.9 Å². The molecule has 14 heteroatoms. The van der Waals surface area contributed by atoms with E-state index in [0.717, 1.165) is 95.4 Å². The minimum Gasteiger partial charge on any atom is -0.491 e. The van der Waals surface area contributed by atoms with Gasteiger partial charge in [0.2, 0.25) is 0 Å². The van der Waals surface area contributed by atoms with Crippen molar-refractivity contribution < 1.29 is 21.8 Å². The Morgan fingerprint density at radius 2 is 1.35 bits per heavy atom. The van der Waals surface area contributed by atoms with Crippen LogP contribution < -0.4 is 15.0 Å². The summed E-state index contributed by atoms with van der Waals surface area (Å²) in [4.78, 5) is 30.2. The highest BCUT2D eigenvalue weighted by Crippen LogP contribution is 2.25. The number of methoxy groups -OCH3 is 2. The Labute approximate surface area is 371 Å². The molecule has 8 rings (SSSR count). The van der Waals surface area contributed by atoms with E-state index >= 15 is 0 Å². The minimum absolute atomic E-state index is 0. The average Bonchev–Trinajstić information content (AvgIpc) is 3.91. The van der Waals surface area contributed by atoms with Crippen LogP contribution in [0.15, 0.2) is 77.4 Å². The second kappa shape index (κ2) is 24.0. The highest BCUT2D eigenvalue weighted by Gasteiger charge is 2.24. The summed E-state index contributed by atoms with van der Waals surface area (Å²) in [6.07, 6.45) is 7.76. The van der Waals surface area contributed by atoms with Gasteiger partial charge in [-0.2, -0.15) is 0 Å². The number of allylic oxidation sites excluding steroid dienone is 1. The summed E-state index contributed by atoms with van der Waals surface area (Å²) in [5.74, 6) is 3.24. The Morgan fingerprint density at radius 3 is 2.00 bits per heavy atom. The number of hydrogen-bond acceptors (Lipinski definition) is 12. The number of rotatable bonds is 17. The zero-order valence-electron chi connectivity index (χ0n) is 38.2. The van der Waals surface area contributed by atoms with Gasteiger partial charge in [0, 0.05) is 135 Å². The molecule has 0 spiro atoms. The summed E-state index contributed by atoms with van der Waals surface area (Å²) in [5, 5.41) is 6.03. The molecular formula is C48H74N10O4. The molecule has 3 aliphatic heterocycles. The molecule has 3 aliphatic rings. The van der Waals surface area contributed by atoms with Gasteiger partial charge in [0.25, 0.3) is 0 Å². The van der Waals surface area contributed by atoms with Gasteiger partial charge in [-0.1, -0.05) is 39.8 Å². The van der Waals surface area contributed by atoms with E-state index in [0.29, 0.717) is 33.0 Å². The van der Waals surface area contributed by atoms with Crippen LogP contribution in [-0.2, 0) is 40.3 Å². The molecule has 340 valence electrons. The van der Waals surface area contributed by atoms with E-state index in [9.17, 15) is 0 Å². The quantitative estimate of drug-likeness (QED) is 0.0806. The number of benzene rings is 2. The first-order chi connectivity index (χ1) is 30.4. The van der Waals surface area contributed by atoms with Crippen molar-refractivity contribution in [3.63, 3.8) is 0 Å². The lowest BCUT2D eigenvalue weighted by molar-refractivity contribution is 0.0617. The van der Waals surface area contributed by atoms with Crippen molar-refractivity contribution in [1.82, 2.24) is 40.0 Å². The summed E-state index contributed by atoms with van der Waals surface area (Å²) in [7, 11) is 3.37. The summed E-state index contributed by atoms with van der Waals surface area (Å²) >= 11 is 0. The van der Waals surface area contributed by atoms with Crippen molar-refractivity contribution in [3.05, 3.63) is 95.0 Å². The van der Waals surface area contributed by atoms with Crippen LogP contribution in [0.2, 0.25) is 0 Å². The van der Waals surface area contributed by atoms with E-state index in [1.165, 1.54) is 50.2 Å². The second-order valence-electron chi connectivity index (χ2n) is 15.7. The van der Waals surface area contributed by atoms with Gasteiger partial charge in [0.05, 0.1) is 26.4 Å². The van der Waals surface area contributed by atoms with Crippen LogP contribution in [0.25, 0.3) is 21.8 Å². The fourth-order valence-electron chi connectivity index (χ4n) is 8.08. The SMILES string of the molecule is CC.CCC1=C(N2CCN(Cc3cc4ccc(OCCOC)cc4[nH]3)CC2)NC(C)N=C1.CCc1cncnc1N1CCN(Cc2cc3ccc(COCCOC)cc3[nH]2)CC1.[HH].[HH]. The Bertz CT molecular complexity index is 2180. The van der Waals surface area contributed by atoms with Crippen LogP contribution in [0.5, 0.6) is 5.75 Å². The number of nitrogens with zero attached hydrogens (tertiary/aromatic N) is 7. The molecule has 2 aromatic carbocycles. The van der Waals surface area contributed by atoms with Gasteiger partial charge >= 0.3 is 0 Å². The molecule has 1 unspecified atom stereocenters. The normalized spacial score (nSPS) is 17.2. The zero-order valence-corrected chi connectivity index (χ0v) is 38.2. The molecule has 0 amide bonds. The van der Waals surface area contributed by atoms with Crippen LogP contribution >= 0.6 is 0 Å². The number of ether oxygens (including phenoxy) is 4. The smallest absolute Gasteiger partial charge is 0.135 e. The van der Waals surface area contributed by atoms with Gasteiger partial charge in [0.1, 0.15) is 36.5 Å². The summed E-state index contributed by atoms with van der Waals surface area (Å²) in [6.45, 7) is 23.5. The summed E-state index contributed by atoms with van der Waals surface area (Å²) in [5.41, 5.74) is 8.51. The van der Waals surface area contributed by atoms with Gasteiger partial charge < -0.3 is 44.0 Å². The Morgan fingerprint density at radius 1 is 0.726 bits per heavy atom. The highest BCUT2D eigenvalue weighted by molar-refractivity contribution is 5.82. The lowest BCUT2D eigenvalue weighted by Crippen LogP contribution is -2.49. The molecule has 2 fully saturated rings. The van der Waals surface area contributed by atoms with Crippen LogP contribution in [0, 0.1) is 0 Å². The fourth-order valence-corrected chi connectivity index (χ4v) is 8.08. The van der Waals surface area contributed by atoms with Crippen LogP contribution in [0.1, 0.15) is 66.4 Å². The number of aryl methyl sites for hydroxylation is 1. The molecule has 14 nitrogen and oxygen atoms in total. The predicted molar refractivity (Wildman–Crippen MR) is 255 cm³/mol. The lowest BCUT2D eigenvalue weighted by atomic mass is 10.1. The standard InChI is InChI=1S/C23H33N5O2.C23H31N5O2.C2H6.2H2/c1-4-18-15-24-17(2)25-23(18)28-9-7-27(8-10-28)16-20-13-19-5-6-21(14-22(19)26-20)30-12-11-29-3;1-3-19-14-24-17-25-23(19)28-8-6-27(7-9-28)15-21-13-20-5-4-18(12-22(20)26-21)16-30-11-10-29-2;1-2;;/h5-6,13-15,17,25-26H,4,7-12,16H2,1-3H3;4-5,12-14,17,26H,3,6-11,15-16H2,1-2H3;1-2H3;2*1H. The number of aromatic nitrogens is 4. The van der Waals surface area contributed by atoms with E-state index in [1.807, 2.05) is 32.3 Å². The summed E-state index contributed by atoms with van der Waals surface area (Å²) < 4.78 is 21.4. The number of anilines is 1. The number of nitrogens with one attached hydrogen (secondary N) is 3. The maximum atomic E-state index is 5.73. The van der Waals surface area contributed by atoms with E-state index < -0.39 is 0 Å². The lowest BCUT2D eigenvalue weighted by Gasteiger charge is -2.39. The van der Waals surface area contributed by atoms with Gasteiger partial charge in [-0.15, -0.1) is 0 Å². The van der Waals surface area contributed by atoms with E-state index in [1.54, 1.807) is 20.5 Å². The van der Waals surface area contributed by atoms with Crippen molar-refractivity contribution >= 4 is 33.8 Å². The number of piperazine rings is 2. The van der Waals surface area contributed by atoms with E-state index in [-0.39, 0.29) is 9.02 Å². The van der Waals surface area contributed by atoms with Crippen LogP contribution in [-0.4, -0.2) is 140 Å². The fraction of sp³-hybridized carbons (Fsp3) is 0.521. The highest BCUT2D eigenvalue weighted by atomic mass is 16.5. The van der Waals surface area contributed by atoms with Gasteiger partial charge in [-0.05, 0) is 66.4 Å². The van der Waals surface area contributed by atoms with Crippen LogP contribution in [0.4, 0.5) is 5.82 Å². The van der Waals surface area contributed by atoms with Gasteiger partial charge in [0.15, 0.2) is 0 Å².